The topological polar surface area (TPSA) is 43.1 Å². The molecule has 2 nitrogen and oxygen atoms in total. The molecule has 2 unspecified atom stereocenters. The summed E-state index contributed by atoms with van der Waals surface area (Å²) in [6.45, 7) is 5.04. The van der Waals surface area contributed by atoms with Crippen LogP contribution in [0.3, 0.4) is 0 Å². The van der Waals surface area contributed by atoms with Gasteiger partial charge in [-0.2, -0.15) is 0 Å². The molecule has 2 N–H and O–H groups in total. The molecule has 15 heavy (non-hydrogen) atoms. The SMILES string of the molecule is CC(C)CCC(=O)C1CCCCC1CN. The lowest BCUT2D eigenvalue weighted by atomic mass is 9.76. The van der Waals surface area contributed by atoms with E-state index in [1.165, 1.54) is 12.8 Å². The highest BCUT2D eigenvalue weighted by Gasteiger charge is 2.29. The van der Waals surface area contributed by atoms with E-state index < -0.39 is 0 Å². The van der Waals surface area contributed by atoms with Gasteiger partial charge in [-0.15, -0.1) is 0 Å². The van der Waals surface area contributed by atoms with Crippen molar-refractivity contribution in [2.24, 2.45) is 23.5 Å². The molecule has 0 aromatic rings. The fourth-order valence-corrected chi connectivity index (χ4v) is 2.53. The molecule has 0 spiro atoms. The van der Waals surface area contributed by atoms with Crippen molar-refractivity contribution in [2.75, 3.05) is 6.54 Å². The highest BCUT2D eigenvalue weighted by atomic mass is 16.1. The first-order valence-electron chi connectivity index (χ1n) is 6.38. The maximum atomic E-state index is 12.0. The lowest BCUT2D eigenvalue weighted by molar-refractivity contribution is -0.125. The minimum atomic E-state index is 0.280. The highest BCUT2D eigenvalue weighted by Crippen LogP contribution is 2.31. The van der Waals surface area contributed by atoms with Crippen molar-refractivity contribution in [2.45, 2.75) is 52.4 Å². The third kappa shape index (κ3) is 3.94. The van der Waals surface area contributed by atoms with Crippen LogP contribution >= 0.6 is 0 Å². The van der Waals surface area contributed by atoms with Gasteiger partial charge in [0.15, 0.2) is 0 Å². The summed E-state index contributed by atoms with van der Waals surface area (Å²) in [5, 5.41) is 0. The van der Waals surface area contributed by atoms with Crippen LogP contribution in [0.5, 0.6) is 0 Å². The van der Waals surface area contributed by atoms with Gasteiger partial charge in [-0.1, -0.05) is 26.7 Å². The number of ketones is 1. The van der Waals surface area contributed by atoms with E-state index in [0.717, 1.165) is 25.7 Å². The molecule has 0 saturated heterocycles. The fourth-order valence-electron chi connectivity index (χ4n) is 2.53. The summed E-state index contributed by atoms with van der Waals surface area (Å²) in [7, 11) is 0. The minimum Gasteiger partial charge on any atom is -0.330 e. The zero-order valence-corrected chi connectivity index (χ0v) is 10.2. The first-order valence-corrected chi connectivity index (χ1v) is 6.38. The molecule has 0 radical (unpaired) electrons. The van der Waals surface area contributed by atoms with Crippen molar-refractivity contribution in [3.63, 3.8) is 0 Å². The number of rotatable bonds is 5. The fraction of sp³-hybridized carbons (Fsp3) is 0.923. The molecule has 0 heterocycles. The van der Waals surface area contributed by atoms with Crippen LogP contribution in [0.15, 0.2) is 0 Å². The second kappa shape index (κ2) is 6.26. The standard InChI is InChI=1S/C13H25NO/c1-10(2)7-8-13(15)12-6-4-3-5-11(12)9-14/h10-12H,3-9,14H2,1-2H3. The van der Waals surface area contributed by atoms with Crippen LogP contribution in [0.4, 0.5) is 0 Å². The molecular formula is C13H25NO. The molecule has 0 aromatic carbocycles. The molecule has 2 atom stereocenters. The van der Waals surface area contributed by atoms with Gasteiger partial charge in [0.1, 0.15) is 5.78 Å². The Morgan fingerprint density at radius 2 is 2.00 bits per heavy atom. The molecule has 1 fully saturated rings. The van der Waals surface area contributed by atoms with E-state index in [1.54, 1.807) is 0 Å². The summed E-state index contributed by atoms with van der Waals surface area (Å²) >= 11 is 0. The quantitative estimate of drug-likeness (QED) is 0.760. The average Bonchev–Trinajstić information content (AvgIpc) is 2.25. The van der Waals surface area contributed by atoms with Gasteiger partial charge in [0.05, 0.1) is 0 Å². The largest absolute Gasteiger partial charge is 0.330 e. The van der Waals surface area contributed by atoms with Gasteiger partial charge in [-0.05, 0) is 37.6 Å². The van der Waals surface area contributed by atoms with Crippen molar-refractivity contribution < 1.29 is 4.79 Å². The van der Waals surface area contributed by atoms with Crippen molar-refractivity contribution in [1.82, 2.24) is 0 Å². The van der Waals surface area contributed by atoms with Gasteiger partial charge in [0.25, 0.3) is 0 Å². The number of hydrogen-bond acceptors (Lipinski definition) is 2. The predicted octanol–water partition coefficient (Wildman–Crippen LogP) is 2.76. The molecule has 2 heteroatoms. The lowest BCUT2D eigenvalue weighted by Crippen LogP contribution is -2.32. The van der Waals surface area contributed by atoms with Crippen molar-refractivity contribution in [3.8, 4) is 0 Å². The molecular weight excluding hydrogens is 186 g/mol. The van der Waals surface area contributed by atoms with Crippen molar-refractivity contribution in [3.05, 3.63) is 0 Å². The van der Waals surface area contributed by atoms with E-state index in [2.05, 4.69) is 13.8 Å². The Labute approximate surface area is 93.6 Å². The molecule has 1 aliphatic rings. The van der Waals surface area contributed by atoms with Crippen LogP contribution < -0.4 is 5.73 Å². The Morgan fingerprint density at radius 1 is 1.33 bits per heavy atom. The number of hydrogen-bond donors (Lipinski definition) is 1. The Bertz CT molecular complexity index is 201. The molecule has 1 aliphatic carbocycles. The maximum absolute atomic E-state index is 12.0. The van der Waals surface area contributed by atoms with Gasteiger partial charge in [-0.3, -0.25) is 4.79 Å². The zero-order chi connectivity index (χ0) is 11.3. The Balaban J connectivity index is 2.41. The van der Waals surface area contributed by atoms with E-state index >= 15 is 0 Å². The van der Waals surface area contributed by atoms with Gasteiger partial charge >= 0.3 is 0 Å². The smallest absolute Gasteiger partial charge is 0.136 e. The van der Waals surface area contributed by atoms with E-state index in [1.807, 2.05) is 0 Å². The Hall–Kier alpha value is -0.370. The van der Waals surface area contributed by atoms with E-state index in [0.29, 0.717) is 24.2 Å². The molecule has 0 bridgehead atoms. The van der Waals surface area contributed by atoms with Gasteiger partial charge < -0.3 is 5.73 Å². The van der Waals surface area contributed by atoms with E-state index in [9.17, 15) is 4.79 Å². The van der Waals surface area contributed by atoms with Crippen LogP contribution in [-0.4, -0.2) is 12.3 Å². The van der Waals surface area contributed by atoms with E-state index in [-0.39, 0.29) is 5.92 Å². The second-order valence-corrected chi connectivity index (χ2v) is 5.29. The molecule has 1 saturated carbocycles. The lowest BCUT2D eigenvalue weighted by Gasteiger charge is -2.29. The summed E-state index contributed by atoms with van der Waals surface area (Å²) in [6.07, 6.45) is 6.52. The first kappa shape index (κ1) is 12.7. The molecule has 0 aromatic heterocycles. The predicted molar refractivity (Wildman–Crippen MR) is 63.6 cm³/mol. The monoisotopic (exact) mass is 211 g/mol. The van der Waals surface area contributed by atoms with Crippen molar-refractivity contribution in [1.29, 1.82) is 0 Å². The summed E-state index contributed by atoms with van der Waals surface area (Å²) in [5.41, 5.74) is 5.74. The summed E-state index contributed by atoms with van der Waals surface area (Å²) in [6, 6.07) is 0. The summed E-state index contributed by atoms with van der Waals surface area (Å²) in [4.78, 5) is 12.0. The van der Waals surface area contributed by atoms with Crippen LogP contribution in [0.1, 0.15) is 52.4 Å². The Kier molecular flexibility index (Phi) is 5.30. The third-order valence-electron chi connectivity index (χ3n) is 3.59. The van der Waals surface area contributed by atoms with Crippen LogP contribution in [-0.2, 0) is 4.79 Å². The van der Waals surface area contributed by atoms with Gasteiger partial charge in [0.2, 0.25) is 0 Å². The highest BCUT2D eigenvalue weighted by molar-refractivity contribution is 5.81. The number of carbonyl (C=O) groups excluding carboxylic acids is 1. The maximum Gasteiger partial charge on any atom is 0.136 e. The second-order valence-electron chi connectivity index (χ2n) is 5.29. The van der Waals surface area contributed by atoms with Gasteiger partial charge in [0, 0.05) is 12.3 Å². The van der Waals surface area contributed by atoms with Crippen LogP contribution in [0, 0.1) is 17.8 Å². The molecule has 0 aliphatic heterocycles. The number of Topliss-reactive ketones (excluding diaryl/α,β-unsaturated/α-hetero) is 1. The molecule has 88 valence electrons. The van der Waals surface area contributed by atoms with Crippen LogP contribution in [0.2, 0.25) is 0 Å². The van der Waals surface area contributed by atoms with Crippen LogP contribution in [0.25, 0.3) is 0 Å². The minimum absolute atomic E-state index is 0.280. The number of carbonyl (C=O) groups is 1. The molecule has 1 rings (SSSR count). The Morgan fingerprint density at radius 3 is 2.60 bits per heavy atom. The van der Waals surface area contributed by atoms with Gasteiger partial charge in [-0.25, -0.2) is 0 Å². The van der Waals surface area contributed by atoms with Crippen molar-refractivity contribution >= 4 is 5.78 Å². The first-order chi connectivity index (χ1) is 7.15. The third-order valence-corrected chi connectivity index (χ3v) is 3.59. The number of nitrogens with two attached hydrogens (primary N) is 1. The van der Waals surface area contributed by atoms with E-state index in [4.69, 9.17) is 5.73 Å². The zero-order valence-electron chi connectivity index (χ0n) is 10.2. The molecule has 0 amide bonds. The summed E-state index contributed by atoms with van der Waals surface area (Å²) < 4.78 is 0. The average molecular weight is 211 g/mol. The summed E-state index contributed by atoms with van der Waals surface area (Å²) in [5.74, 6) is 1.86. The normalized spacial score (nSPS) is 26.9.